The predicted octanol–water partition coefficient (Wildman–Crippen LogP) is 3.86. The zero-order valence-electron chi connectivity index (χ0n) is 14.7. The van der Waals surface area contributed by atoms with Crippen molar-refractivity contribution in [2.45, 2.75) is 51.4 Å². The fourth-order valence-corrected chi connectivity index (χ4v) is 5.51. The first kappa shape index (κ1) is 17.3. The van der Waals surface area contributed by atoms with Gasteiger partial charge in [-0.3, -0.25) is 10.1 Å². The van der Waals surface area contributed by atoms with Gasteiger partial charge in [-0.15, -0.1) is 0 Å². The smallest absolute Gasteiger partial charge is 0.335 e. The largest absolute Gasteiger partial charge is 0.478 e. The fourth-order valence-electron chi connectivity index (χ4n) is 5.51. The van der Waals surface area contributed by atoms with Gasteiger partial charge in [-0.1, -0.05) is 6.42 Å². The molecule has 7 heteroatoms. The Hall–Kier alpha value is -2.15. The predicted molar refractivity (Wildman–Crippen MR) is 92.1 cm³/mol. The summed E-state index contributed by atoms with van der Waals surface area (Å²) in [7, 11) is 0. The van der Waals surface area contributed by atoms with Gasteiger partial charge in [0.2, 0.25) is 5.75 Å². The average Bonchev–Trinajstić information content (AvgIpc) is 3.26. The highest BCUT2D eigenvalue weighted by Crippen LogP contribution is 2.59. The van der Waals surface area contributed by atoms with Crippen molar-refractivity contribution < 1.29 is 24.3 Å². The van der Waals surface area contributed by atoms with E-state index in [2.05, 4.69) is 0 Å². The van der Waals surface area contributed by atoms with E-state index >= 15 is 0 Å². The summed E-state index contributed by atoms with van der Waals surface area (Å²) < 4.78 is 11.8. The molecular formula is C19H23NO6. The van der Waals surface area contributed by atoms with E-state index < -0.39 is 17.2 Å². The highest BCUT2D eigenvalue weighted by atomic mass is 16.7. The van der Waals surface area contributed by atoms with Gasteiger partial charge in [0.15, 0.2) is 6.29 Å². The minimum atomic E-state index is -1.15. The lowest BCUT2D eigenvalue weighted by Crippen LogP contribution is -2.34. The van der Waals surface area contributed by atoms with Crippen LogP contribution in [0, 0.1) is 33.8 Å². The van der Waals surface area contributed by atoms with E-state index in [1.54, 1.807) is 6.92 Å². The lowest BCUT2D eigenvalue weighted by Gasteiger charge is -2.33. The van der Waals surface area contributed by atoms with Gasteiger partial charge < -0.3 is 14.6 Å². The van der Waals surface area contributed by atoms with Crippen LogP contribution < -0.4 is 4.74 Å². The van der Waals surface area contributed by atoms with Crippen LogP contribution in [-0.4, -0.2) is 28.4 Å². The Kier molecular flexibility index (Phi) is 4.34. The van der Waals surface area contributed by atoms with Crippen LogP contribution in [0.4, 0.5) is 5.69 Å². The number of benzene rings is 1. The summed E-state index contributed by atoms with van der Waals surface area (Å²) in [5.41, 5.74) is -0.305. The van der Waals surface area contributed by atoms with Crippen molar-refractivity contribution in [1.82, 2.24) is 0 Å². The Morgan fingerprint density at radius 1 is 1.27 bits per heavy atom. The molecule has 4 rings (SSSR count). The van der Waals surface area contributed by atoms with Gasteiger partial charge in [-0.05, 0) is 62.3 Å². The molecule has 0 amide bonds. The van der Waals surface area contributed by atoms with Gasteiger partial charge in [-0.2, -0.15) is 0 Å². The van der Waals surface area contributed by atoms with Gasteiger partial charge in [-0.25, -0.2) is 4.79 Å². The Labute approximate surface area is 151 Å². The van der Waals surface area contributed by atoms with Crippen LogP contribution in [0.3, 0.4) is 0 Å². The summed E-state index contributed by atoms with van der Waals surface area (Å²) in [5.74, 6) is 1.72. The second-order valence-electron chi connectivity index (χ2n) is 7.76. The second-order valence-corrected chi connectivity index (χ2v) is 7.76. The van der Waals surface area contributed by atoms with Gasteiger partial charge in [0.25, 0.3) is 0 Å². The molecule has 0 heterocycles. The second kappa shape index (κ2) is 6.54. The van der Waals surface area contributed by atoms with Crippen molar-refractivity contribution >= 4 is 11.7 Å². The number of carboxylic acid groups (broad SMARTS) is 1. The summed E-state index contributed by atoms with van der Waals surface area (Å²) in [6, 6.07) is 3.55. The molecule has 0 saturated heterocycles. The van der Waals surface area contributed by atoms with E-state index in [0.29, 0.717) is 5.92 Å². The normalized spacial score (nSPS) is 33.0. The van der Waals surface area contributed by atoms with E-state index in [4.69, 9.17) is 14.6 Å². The van der Waals surface area contributed by atoms with E-state index in [0.717, 1.165) is 30.2 Å². The first-order valence-corrected chi connectivity index (χ1v) is 9.28. The maximum atomic E-state index is 11.2. The zero-order valence-corrected chi connectivity index (χ0v) is 14.7. The summed E-state index contributed by atoms with van der Waals surface area (Å²) >= 11 is 0. The molecule has 0 aliphatic heterocycles. The number of hydrogen-bond acceptors (Lipinski definition) is 5. The molecule has 2 bridgehead atoms. The van der Waals surface area contributed by atoms with Crippen LogP contribution in [0.5, 0.6) is 5.75 Å². The van der Waals surface area contributed by atoms with Gasteiger partial charge in [0.1, 0.15) is 0 Å². The highest BCUT2D eigenvalue weighted by Gasteiger charge is 2.54. The molecule has 26 heavy (non-hydrogen) atoms. The molecule has 140 valence electrons. The molecule has 0 aromatic heterocycles. The average molecular weight is 361 g/mol. The number of nitro groups is 1. The number of carboxylic acids is 1. The Balaban J connectivity index is 1.45. The first-order valence-electron chi connectivity index (χ1n) is 9.28. The van der Waals surface area contributed by atoms with Crippen molar-refractivity contribution in [2.24, 2.45) is 23.7 Å². The Morgan fingerprint density at radius 3 is 2.77 bits per heavy atom. The summed E-state index contributed by atoms with van der Waals surface area (Å²) in [6.07, 6.45) is 5.68. The molecule has 3 saturated carbocycles. The van der Waals surface area contributed by atoms with Gasteiger partial charge in [0.05, 0.1) is 16.6 Å². The Morgan fingerprint density at radius 2 is 2.04 bits per heavy atom. The standard InChI is InChI=1S/C19H23NO6/c1-10(25-17-9-12-7-15(17)14-4-2-3-13(12)14)26-18-8-11(19(21)22)5-6-16(18)20(23)24/h5-6,8,10,12-15,17H,2-4,7,9H2,1H3,(H,21,22). The number of hydrogen-bond donors (Lipinski definition) is 1. The minimum Gasteiger partial charge on any atom is -0.478 e. The van der Waals surface area contributed by atoms with E-state index in [1.165, 1.54) is 37.8 Å². The monoisotopic (exact) mass is 361 g/mol. The van der Waals surface area contributed by atoms with E-state index in [9.17, 15) is 14.9 Å². The Bertz CT molecular complexity index is 735. The third kappa shape index (κ3) is 2.94. The third-order valence-corrected chi connectivity index (χ3v) is 6.43. The number of fused-ring (bicyclic) bond motifs is 5. The molecule has 7 nitrogen and oxygen atoms in total. The maximum Gasteiger partial charge on any atom is 0.335 e. The van der Waals surface area contributed by atoms with Gasteiger partial charge >= 0.3 is 11.7 Å². The van der Waals surface area contributed by atoms with Crippen LogP contribution in [0.25, 0.3) is 0 Å². The topological polar surface area (TPSA) is 98.9 Å². The maximum absolute atomic E-state index is 11.2. The molecule has 0 radical (unpaired) electrons. The van der Waals surface area contributed by atoms with Crippen molar-refractivity contribution in [2.75, 3.05) is 0 Å². The molecule has 3 aliphatic carbocycles. The zero-order chi connectivity index (χ0) is 18.4. The fraction of sp³-hybridized carbons (Fsp3) is 0.632. The third-order valence-electron chi connectivity index (χ3n) is 6.43. The first-order chi connectivity index (χ1) is 12.4. The number of rotatable bonds is 6. The van der Waals surface area contributed by atoms with Crippen LogP contribution in [0.15, 0.2) is 18.2 Å². The van der Waals surface area contributed by atoms with Crippen LogP contribution in [0.2, 0.25) is 0 Å². The number of nitrogens with zero attached hydrogens (tertiary/aromatic N) is 1. The molecule has 0 spiro atoms. The molecular weight excluding hydrogens is 338 g/mol. The number of ether oxygens (including phenoxy) is 2. The number of carbonyl (C=O) groups is 1. The minimum absolute atomic E-state index is 0.0495. The number of nitro benzene ring substituents is 1. The highest BCUT2D eigenvalue weighted by molar-refractivity contribution is 5.88. The van der Waals surface area contributed by atoms with E-state index in [1.807, 2.05) is 0 Å². The quantitative estimate of drug-likeness (QED) is 0.469. The summed E-state index contributed by atoms with van der Waals surface area (Å²) in [4.78, 5) is 21.8. The lowest BCUT2D eigenvalue weighted by atomic mass is 9.80. The molecule has 6 atom stereocenters. The van der Waals surface area contributed by atoms with Crippen LogP contribution >= 0.6 is 0 Å². The van der Waals surface area contributed by atoms with E-state index in [-0.39, 0.29) is 23.1 Å². The van der Waals surface area contributed by atoms with Crippen molar-refractivity contribution in [1.29, 1.82) is 0 Å². The lowest BCUT2D eigenvalue weighted by molar-refractivity contribution is -0.386. The molecule has 1 aromatic carbocycles. The summed E-state index contributed by atoms with van der Waals surface area (Å²) in [5, 5.41) is 20.3. The summed E-state index contributed by atoms with van der Waals surface area (Å²) in [6.45, 7) is 1.72. The number of aromatic carboxylic acids is 1. The van der Waals surface area contributed by atoms with Crippen molar-refractivity contribution in [3.05, 3.63) is 33.9 Å². The molecule has 6 unspecified atom stereocenters. The van der Waals surface area contributed by atoms with Crippen molar-refractivity contribution in [3.8, 4) is 5.75 Å². The molecule has 1 aromatic rings. The SMILES string of the molecule is CC(Oc1cc(C(=O)O)ccc1[N+](=O)[O-])OC1CC2CC1C1CCCC21. The molecule has 3 aliphatic rings. The van der Waals surface area contributed by atoms with Crippen LogP contribution in [-0.2, 0) is 4.74 Å². The van der Waals surface area contributed by atoms with Crippen LogP contribution in [0.1, 0.15) is 49.4 Å². The molecule has 3 fully saturated rings. The van der Waals surface area contributed by atoms with Gasteiger partial charge in [0, 0.05) is 12.1 Å². The molecule has 1 N–H and O–H groups in total. The van der Waals surface area contributed by atoms with Crippen molar-refractivity contribution in [3.63, 3.8) is 0 Å².